The van der Waals surface area contributed by atoms with Gasteiger partial charge in [0.15, 0.2) is 6.29 Å². The van der Waals surface area contributed by atoms with E-state index in [0.29, 0.717) is 17.7 Å². The summed E-state index contributed by atoms with van der Waals surface area (Å²) >= 11 is 1.61. The van der Waals surface area contributed by atoms with Crippen LogP contribution in [0.15, 0.2) is 64.3 Å². The number of carbonyl (C=O) groups excluding carboxylic acids is 1. The Labute approximate surface area is 163 Å². The Bertz CT molecular complexity index is 918. The van der Waals surface area contributed by atoms with Crippen LogP contribution in [0.3, 0.4) is 0 Å². The first-order chi connectivity index (χ1) is 13.2. The number of aldehydes is 1. The van der Waals surface area contributed by atoms with Gasteiger partial charge in [0.1, 0.15) is 5.69 Å². The first-order valence-corrected chi connectivity index (χ1v) is 9.86. The van der Waals surface area contributed by atoms with Crippen LogP contribution in [0, 0.1) is 0 Å². The average molecular weight is 385 g/mol. The van der Waals surface area contributed by atoms with Gasteiger partial charge in [-0.1, -0.05) is 36.4 Å². The number of nitrogens with one attached hydrogen (secondary N) is 1. The van der Waals surface area contributed by atoms with E-state index in [2.05, 4.69) is 9.72 Å². The van der Waals surface area contributed by atoms with Gasteiger partial charge in [0.25, 0.3) is 0 Å². The molecule has 0 bridgehead atoms. The van der Waals surface area contributed by atoms with Crippen LogP contribution in [0.25, 0.3) is 11.3 Å². The van der Waals surface area contributed by atoms with Crippen molar-refractivity contribution in [2.75, 3.05) is 20.0 Å². The summed E-state index contributed by atoms with van der Waals surface area (Å²) in [6.45, 7) is 2.78. The van der Waals surface area contributed by atoms with Crippen LogP contribution in [-0.2, 0) is 4.74 Å². The summed E-state index contributed by atoms with van der Waals surface area (Å²) in [5.41, 5.74) is 2.18. The quantitative estimate of drug-likeness (QED) is 0.618. The number of hydrogen-bond donors (Lipinski definition) is 1. The van der Waals surface area contributed by atoms with Gasteiger partial charge in [-0.15, -0.1) is 11.8 Å². The van der Waals surface area contributed by atoms with Gasteiger partial charge < -0.3 is 9.72 Å². The third-order valence-corrected chi connectivity index (χ3v) is 4.64. The summed E-state index contributed by atoms with van der Waals surface area (Å²) in [6, 6.07) is 7.70. The van der Waals surface area contributed by atoms with E-state index in [9.17, 15) is 9.59 Å². The predicted octanol–water partition coefficient (Wildman–Crippen LogP) is 4.25. The monoisotopic (exact) mass is 384 g/mol. The molecule has 1 aromatic heterocycles. The standard InChI is InChI=1S/C18H16N2O2S.C3H8O/c1-23-15-10-6-9-14(11-15)20-17(16(12-21)19-18(20)22)13-7-4-2-3-5-8-13;1-3-4-2/h2-4,6-12H,5H2,1H3,(H,19,22);3H2,1-2H3. The number of ether oxygens (including phenoxy) is 1. The number of H-pyrrole nitrogens is 1. The zero-order valence-electron chi connectivity index (χ0n) is 15.8. The molecule has 0 spiro atoms. The maximum atomic E-state index is 12.4. The van der Waals surface area contributed by atoms with Gasteiger partial charge in [-0.3, -0.25) is 9.36 Å². The van der Waals surface area contributed by atoms with E-state index in [4.69, 9.17) is 0 Å². The minimum Gasteiger partial charge on any atom is -0.385 e. The Morgan fingerprint density at radius 1 is 1.33 bits per heavy atom. The number of hydrogen-bond acceptors (Lipinski definition) is 4. The first kappa shape index (κ1) is 20.7. The van der Waals surface area contributed by atoms with Crippen molar-refractivity contribution in [3.8, 4) is 5.69 Å². The van der Waals surface area contributed by atoms with Gasteiger partial charge >= 0.3 is 5.69 Å². The molecule has 0 atom stereocenters. The lowest BCUT2D eigenvalue weighted by atomic mass is 10.1. The molecule has 0 aliphatic heterocycles. The minimum absolute atomic E-state index is 0.294. The maximum Gasteiger partial charge on any atom is 0.331 e. The molecular weight excluding hydrogens is 360 g/mol. The molecule has 0 amide bonds. The molecule has 1 aliphatic carbocycles. The number of aromatic nitrogens is 2. The van der Waals surface area contributed by atoms with Crippen LogP contribution in [0.2, 0.25) is 0 Å². The third kappa shape index (κ3) is 5.21. The van der Waals surface area contributed by atoms with E-state index in [1.54, 1.807) is 23.4 Å². The highest BCUT2D eigenvalue weighted by molar-refractivity contribution is 7.98. The molecule has 1 aromatic carbocycles. The van der Waals surface area contributed by atoms with Crippen LogP contribution in [0.4, 0.5) is 0 Å². The molecule has 142 valence electrons. The van der Waals surface area contributed by atoms with Gasteiger partial charge in [-0.25, -0.2) is 4.79 Å². The van der Waals surface area contributed by atoms with Crippen LogP contribution in [0.1, 0.15) is 29.5 Å². The van der Waals surface area contributed by atoms with Gasteiger partial charge in [0.05, 0.1) is 11.4 Å². The number of rotatable bonds is 5. The topological polar surface area (TPSA) is 64.1 Å². The molecule has 0 saturated carbocycles. The normalized spacial score (nSPS) is 12.8. The van der Waals surface area contributed by atoms with Crippen LogP contribution in [0.5, 0.6) is 0 Å². The summed E-state index contributed by atoms with van der Waals surface area (Å²) < 4.78 is 6.10. The molecule has 6 heteroatoms. The van der Waals surface area contributed by atoms with E-state index in [-0.39, 0.29) is 5.69 Å². The number of benzene rings is 1. The Morgan fingerprint density at radius 3 is 2.78 bits per heavy atom. The molecule has 0 radical (unpaired) electrons. The fourth-order valence-corrected chi connectivity index (χ4v) is 3.03. The molecular formula is C21H24N2O3S. The SMILES string of the molecule is CCOC.CSc1cccc(-n2c(C3=CCC=CC=C3)c(C=O)[nH]c2=O)c1. The molecule has 1 N–H and O–H groups in total. The second kappa shape index (κ2) is 10.5. The van der Waals surface area contributed by atoms with E-state index >= 15 is 0 Å². The van der Waals surface area contributed by atoms with Crippen molar-refractivity contribution in [3.63, 3.8) is 0 Å². The van der Waals surface area contributed by atoms with Gasteiger partial charge in [-0.05, 0) is 43.4 Å². The second-order valence-corrected chi connectivity index (χ2v) is 6.49. The third-order valence-electron chi connectivity index (χ3n) is 3.91. The highest BCUT2D eigenvalue weighted by atomic mass is 32.2. The number of thioether (sulfide) groups is 1. The number of carbonyl (C=O) groups is 1. The lowest BCUT2D eigenvalue weighted by Crippen LogP contribution is -2.16. The molecule has 1 heterocycles. The summed E-state index contributed by atoms with van der Waals surface area (Å²) in [6.07, 6.45) is 13.2. The summed E-state index contributed by atoms with van der Waals surface area (Å²) in [5, 5.41) is 0. The van der Waals surface area contributed by atoms with E-state index in [0.717, 1.165) is 29.2 Å². The minimum atomic E-state index is -0.313. The predicted molar refractivity (Wildman–Crippen MR) is 112 cm³/mol. The van der Waals surface area contributed by atoms with Gasteiger partial charge in [0, 0.05) is 18.6 Å². The zero-order valence-corrected chi connectivity index (χ0v) is 16.6. The smallest absolute Gasteiger partial charge is 0.331 e. The number of imidazole rings is 1. The highest BCUT2D eigenvalue weighted by Crippen LogP contribution is 2.25. The van der Waals surface area contributed by atoms with Crippen molar-refractivity contribution in [1.82, 2.24) is 9.55 Å². The van der Waals surface area contributed by atoms with Crippen molar-refractivity contribution < 1.29 is 9.53 Å². The Kier molecular flexibility index (Phi) is 8.10. The van der Waals surface area contributed by atoms with Crippen molar-refractivity contribution in [3.05, 3.63) is 76.5 Å². The largest absolute Gasteiger partial charge is 0.385 e. The molecule has 0 saturated heterocycles. The van der Waals surface area contributed by atoms with E-state index in [1.807, 2.05) is 67.8 Å². The fourth-order valence-electron chi connectivity index (χ4n) is 2.57. The Balaban J connectivity index is 0.000000596. The van der Waals surface area contributed by atoms with E-state index in [1.165, 1.54) is 0 Å². The van der Waals surface area contributed by atoms with Crippen LogP contribution >= 0.6 is 11.8 Å². The first-order valence-electron chi connectivity index (χ1n) is 8.63. The van der Waals surface area contributed by atoms with Gasteiger partial charge in [0.2, 0.25) is 0 Å². The van der Waals surface area contributed by atoms with Crippen LogP contribution in [-0.4, -0.2) is 35.8 Å². The van der Waals surface area contributed by atoms with Gasteiger partial charge in [-0.2, -0.15) is 0 Å². The summed E-state index contributed by atoms with van der Waals surface area (Å²) in [7, 11) is 1.68. The number of aromatic amines is 1. The summed E-state index contributed by atoms with van der Waals surface area (Å²) in [4.78, 5) is 27.6. The lowest BCUT2D eigenvalue weighted by Gasteiger charge is -2.10. The van der Waals surface area contributed by atoms with Crippen molar-refractivity contribution in [2.24, 2.45) is 0 Å². The molecule has 2 aromatic rings. The fraction of sp³-hybridized carbons (Fsp3) is 0.238. The average Bonchev–Trinajstić information content (AvgIpc) is 2.87. The van der Waals surface area contributed by atoms with Crippen LogP contribution < -0.4 is 5.69 Å². The number of nitrogens with zero attached hydrogens (tertiary/aromatic N) is 1. The van der Waals surface area contributed by atoms with Crippen molar-refractivity contribution >= 4 is 23.6 Å². The van der Waals surface area contributed by atoms with Crippen molar-refractivity contribution in [1.29, 1.82) is 0 Å². The molecule has 0 unspecified atom stereocenters. The molecule has 1 aliphatic rings. The maximum absolute atomic E-state index is 12.4. The molecule has 3 rings (SSSR count). The Hall–Kier alpha value is -2.57. The second-order valence-electron chi connectivity index (χ2n) is 5.61. The number of allylic oxidation sites excluding steroid dienone is 6. The molecule has 27 heavy (non-hydrogen) atoms. The van der Waals surface area contributed by atoms with E-state index < -0.39 is 0 Å². The highest BCUT2D eigenvalue weighted by Gasteiger charge is 2.18. The van der Waals surface area contributed by atoms with Crippen molar-refractivity contribution in [2.45, 2.75) is 18.2 Å². The molecule has 5 nitrogen and oxygen atoms in total. The number of methoxy groups -OCH3 is 1. The Morgan fingerprint density at radius 2 is 2.11 bits per heavy atom. The lowest BCUT2D eigenvalue weighted by molar-refractivity contribution is 0.111. The zero-order chi connectivity index (χ0) is 19.6. The summed E-state index contributed by atoms with van der Waals surface area (Å²) in [5.74, 6) is 0. The molecule has 0 fully saturated rings.